The minimum absolute atomic E-state index is 0.0440. The van der Waals surface area contributed by atoms with Crippen molar-refractivity contribution in [2.75, 3.05) is 14.2 Å². The van der Waals surface area contributed by atoms with Gasteiger partial charge in [0.05, 0.1) is 20.6 Å². The van der Waals surface area contributed by atoms with Crippen molar-refractivity contribution in [1.82, 2.24) is 0 Å². The van der Waals surface area contributed by atoms with Crippen molar-refractivity contribution in [3.63, 3.8) is 0 Å². The lowest BCUT2D eigenvalue weighted by molar-refractivity contribution is -0.140. The Morgan fingerprint density at radius 2 is 1.80 bits per heavy atom. The molecule has 0 N–H and O–H groups in total. The summed E-state index contributed by atoms with van der Waals surface area (Å²) < 4.78 is 9.91. The molecule has 0 fully saturated rings. The van der Waals surface area contributed by atoms with E-state index in [1.807, 2.05) is 19.1 Å². The highest BCUT2D eigenvalue weighted by Crippen LogP contribution is 2.30. The third kappa shape index (κ3) is 3.83. The van der Waals surface area contributed by atoms with Gasteiger partial charge in [-0.1, -0.05) is 13.8 Å². The zero-order valence-electron chi connectivity index (χ0n) is 12.8. The van der Waals surface area contributed by atoms with E-state index in [0.717, 1.165) is 16.9 Å². The van der Waals surface area contributed by atoms with Gasteiger partial charge in [-0.3, -0.25) is 9.59 Å². The highest BCUT2D eigenvalue weighted by atomic mass is 16.5. The number of ether oxygens (including phenoxy) is 2. The number of esters is 1. The molecule has 0 atom stereocenters. The number of rotatable bonds is 6. The summed E-state index contributed by atoms with van der Waals surface area (Å²) in [6.45, 7) is 5.98. The standard InChI is InChI=1S/C16H22O4/c1-10(2)12-9-13(11(3)8-15(12)19-4)14(17)6-7-16(18)20-5/h8-10H,6-7H2,1-5H3. The van der Waals surface area contributed by atoms with Crippen molar-refractivity contribution in [3.05, 3.63) is 28.8 Å². The average Bonchev–Trinajstić information content (AvgIpc) is 2.43. The first-order valence-electron chi connectivity index (χ1n) is 6.69. The molecule has 0 saturated heterocycles. The first kappa shape index (κ1) is 16.2. The molecular weight excluding hydrogens is 256 g/mol. The first-order chi connectivity index (χ1) is 9.40. The third-order valence-corrected chi connectivity index (χ3v) is 3.28. The summed E-state index contributed by atoms with van der Waals surface area (Å²) in [6, 6.07) is 3.75. The van der Waals surface area contributed by atoms with Gasteiger partial charge in [0.15, 0.2) is 5.78 Å². The molecule has 0 unspecified atom stereocenters. The molecule has 0 heterocycles. The number of Topliss-reactive ketones (excluding diaryl/α,β-unsaturated/α-hetero) is 1. The van der Waals surface area contributed by atoms with Crippen molar-refractivity contribution in [2.45, 2.75) is 39.5 Å². The lowest BCUT2D eigenvalue weighted by Gasteiger charge is -2.15. The van der Waals surface area contributed by atoms with Gasteiger partial charge in [0.1, 0.15) is 5.75 Å². The van der Waals surface area contributed by atoms with Crippen LogP contribution in [0.3, 0.4) is 0 Å². The molecule has 0 saturated carbocycles. The Hall–Kier alpha value is -1.84. The second kappa shape index (κ2) is 7.08. The summed E-state index contributed by atoms with van der Waals surface area (Å²) in [6.07, 6.45) is 0.273. The lowest BCUT2D eigenvalue weighted by Crippen LogP contribution is -2.08. The number of carbonyl (C=O) groups is 2. The largest absolute Gasteiger partial charge is 0.496 e. The van der Waals surface area contributed by atoms with Gasteiger partial charge in [0.2, 0.25) is 0 Å². The first-order valence-corrected chi connectivity index (χ1v) is 6.69. The highest BCUT2D eigenvalue weighted by molar-refractivity contribution is 5.99. The highest BCUT2D eigenvalue weighted by Gasteiger charge is 2.16. The Balaban J connectivity index is 3.02. The van der Waals surface area contributed by atoms with Crippen LogP contribution in [-0.2, 0) is 9.53 Å². The predicted octanol–water partition coefficient (Wildman–Crippen LogP) is 3.26. The van der Waals surface area contributed by atoms with E-state index >= 15 is 0 Å². The molecule has 0 aliphatic heterocycles. The smallest absolute Gasteiger partial charge is 0.305 e. The van der Waals surface area contributed by atoms with Crippen LogP contribution in [0.5, 0.6) is 5.75 Å². The Kier molecular flexibility index (Phi) is 5.74. The maximum absolute atomic E-state index is 12.2. The molecule has 0 aliphatic carbocycles. The number of benzene rings is 1. The summed E-state index contributed by atoms with van der Waals surface area (Å²) in [5.74, 6) is 0.644. The molecule has 1 aromatic carbocycles. The van der Waals surface area contributed by atoms with Gasteiger partial charge >= 0.3 is 5.97 Å². The van der Waals surface area contributed by atoms with Crippen LogP contribution < -0.4 is 4.74 Å². The molecule has 0 bridgehead atoms. The van der Waals surface area contributed by atoms with Crippen molar-refractivity contribution in [1.29, 1.82) is 0 Å². The van der Waals surface area contributed by atoms with E-state index in [9.17, 15) is 9.59 Å². The van der Waals surface area contributed by atoms with E-state index in [2.05, 4.69) is 18.6 Å². The van der Waals surface area contributed by atoms with Gasteiger partial charge in [0.25, 0.3) is 0 Å². The van der Waals surface area contributed by atoms with E-state index in [1.54, 1.807) is 7.11 Å². The molecule has 4 nitrogen and oxygen atoms in total. The minimum atomic E-state index is -0.367. The van der Waals surface area contributed by atoms with E-state index in [-0.39, 0.29) is 30.5 Å². The molecule has 0 radical (unpaired) electrons. The Morgan fingerprint density at radius 1 is 1.15 bits per heavy atom. The van der Waals surface area contributed by atoms with Crippen LogP contribution >= 0.6 is 0 Å². The molecule has 20 heavy (non-hydrogen) atoms. The maximum Gasteiger partial charge on any atom is 0.305 e. The molecule has 0 aliphatic rings. The lowest BCUT2D eigenvalue weighted by atomic mass is 9.93. The van der Waals surface area contributed by atoms with E-state index in [0.29, 0.717) is 5.56 Å². The van der Waals surface area contributed by atoms with Gasteiger partial charge < -0.3 is 9.47 Å². The van der Waals surface area contributed by atoms with Crippen molar-refractivity contribution >= 4 is 11.8 Å². The Labute approximate surface area is 120 Å². The zero-order chi connectivity index (χ0) is 15.3. The topological polar surface area (TPSA) is 52.6 Å². The molecule has 110 valence electrons. The normalized spacial score (nSPS) is 10.5. The van der Waals surface area contributed by atoms with Crippen LogP contribution in [0.1, 0.15) is 54.1 Å². The molecule has 1 rings (SSSR count). The summed E-state index contributed by atoms with van der Waals surface area (Å²) in [4.78, 5) is 23.3. The second-order valence-corrected chi connectivity index (χ2v) is 5.06. The monoisotopic (exact) mass is 278 g/mol. The van der Waals surface area contributed by atoms with Crippen LogP contribution in [0.15, 0.2) is 12.1 Å². The fraction of sp³-hybridized carbons (Fsp3) is 0.500. The van der Waals surface area contributed by atoms with Crippen LogP contribution in [-0.4, -0.2) is 26.0 Å². The number of aryl methyl sites for hydroxylation is 1. The van der Waals surface area contributed by atoms with E-state index in [4.69, 9.17) is 4.74 Å². The fourth-order valence-corrected chi connectivity index (χ4v) is 2.08. The molecule has 4 heteroatoms. The number of hydrogen-bond acceptors (Lipinski definition) is 4. The summed E-state index contributed by atoms with van der Waals surface area (Å²) in [5.41, 5.74) is 2.51. The summed E-state index contributed by atoms with van der Waals surface area (Å²) in [7, 11) is 2.95. The summed E-state index contributed by atoms with van der Waals surface area (Å²) in [5, 5.41) is 0. The predicted molar refractivity (Wildman–Crippen MR) is 77.4 cm³/mol. The third-order valence-electron chi connectivity index (χ3n) is 3.28. The van der Waals surface area contributed by atoms with Gasteiger partial charge in [0, 0.05) is 12.0 Å². The average molecular weight is 278 g/mol. The van der Waals surface area contributed by atoms with Crippen molar-refractivity contribution in [2.24, 2.45) is 0 Å². The quantitative estimate of drug-likeness (QED) is 0.592. The number of carbonyl (C=O) groups excluding carboxylic acids is 2. The molecule has 0 amide bonds. The number of hydrogen-bond donors (Lipinski definition) is 0. The van der Waals surface area contributed by atoms with Gasteiger partial charge in [-0.15, -0.1) is 0 Å². The second-order valence-electron chi connectivity index (χ2n) is 5.06. The number of ketones is 1. The SMILES string of the molecule is COC(=O)CCC(=O)c1cc(C(C)C)c(OC)cc1C. The van der Waals surface area contributed by atoms with Crippen LogP contribution in [0, 0.1) is 6.92 Å². The Morgan fingerprint density at radius 3 is 2.30 bits per heavy atom. The molecule has 1 aromatic rings. The van der Waals surface area contributed by atoms with Crippen LogP contribution in [0.25, 0.3) is 0 Å². The van der Waals surface area contributed by atoms with Gasteiger partial charge in [-0.05, 0) is 36.1 Å². The Bertz CT molecular complexity index is 503. The van der Waals surface area contributed by atoms with Gasteiger partial charge in [-0.25, -0.2) is 0 Å². The van der Waals surface area contributed by atoms with Gasteiger partial charge in [-0.2, -0.15) is 0 Å². The van der Waals surface area contributed by atoms with E-state index in [1.165, 1.54) is 7.11 Å². The van der Waals surface area contributed by atoms with Crippen LogP contribution in [0.2, 0.25) is 0 Å². The summed E-state index contributed by atoms with van der Waals surface area (Å²) >= 11 is 0. The fourth-order valence-electron chi connectivity index (χ4n) is 2.08. The molecule has 0 aromatic heterocycles. The van der Waals surface area contributed by atoms with Crippen molar-refractivity contribution < 1.29 is 19.1 Å². The number of methoxy groups -OCH3 is 2. The van der Waals surface area contributed by atoms with Crippen molar-refractivity contribution in [3.8, 4) is 5.75 Å². The molecular formula is C16H22O4. The van der Waals surface area contributed by atoms with E-state index < -0.39 is 0 Å². The molecule has 0 spiro atoms. The zero-order valence-corrected chi connectivity index (χ0v) is 12.8. The van der Waals surface area contributed by atoms with Crippen LogP contribution in [0.4, 0.5) is 0 Å². The maximum atomic E-state index is 12.2. The minimum Gasteiger partial charge on any atom is -0.496 e.